The second-order valence-electron chi connectivity index (χ2n) is 6.39. The van der Waals surface area contributed by atoms with Crippen molar-refractivity contribution in [3.8, 4) is 0 Å². The molecule has 1 fully saturated rings. The number of anilines is 1. The van der Waals surface area contributed by atoms with Gasteiger partial charge in [0.05, 0.1) is 11.6 Å². The number of carboxylic acid groups (broad SMARTS) is 1. The molecule has 9 heteroatoms. The Bertz CT molecular complexity index is 713. The van der Waals surface area contributed by atoms with Crippen LogP contribution in [0.1, 0.15) is 19.3 Å². The van der Waals surface area contributed by atoms with Gasteiger partial charge in [-0.25, -0.2) is 4.79 Å². The lowest BCUT2D eigenvalue weighted by atomic mass is 9.96. The van der Waals surface area contributed by atoms with Crippen LogP contribution in [0.15, 0.2) is 35.4 Å². The summed E-state index contributed by atoms with van der Waals surface area (Å²) >= 11 is 0. The molecular weight excluding hydrogens is 351 g/mol. The summed E-state index contributed by atoms with van der Waals surface area (Å²) < 4.78 is 38.3. The summed E-state index contributed by atoms with van der Waals surface area (Å²) in [6.07, 6.45) is -4.62. The molecule has 26 heavy (non-hydrogen) atoms. The van der Waals surface area contributed by atoms with Crippen molar-refractivity contribution in [3.63, 3.8) is 0 Å². The molecule has 6 nitrogen and oxygen atoms in total. The number of alkyl halides is 3. The molecule has 1 amide bonds. The minimum Gasteiger partial charge on any atom is -0.480 e. The number of piperidine rings is 1. The second-order valence-corrected chi connectivity index (χ2v) is 6.39. The molecule has 140 valence electrons. The molecule has 2 aliphatic heterocycles. The summed E-state index contributed by atoms with van der Waals surface area (Å²) in [5.74, 6) is -3.00. The highest BCUT2D eigenvalue weighted by Gasteiger charge is 2.43. The fraction of sp³-hybridized carbons (Fsp3) is 0.471. The number of carbonyl (C=O) groups is 2. The molecule has 2 heterocycles. The normalized spacial score (nSPS) is 21.7. The molecule has 1 unspecified atom stereocenters. The Morgan fingerprint density at radius 3 is 2.27 bits per heavy atom. The Balaban J connectivity index is 1.73. The van der Waals surface area contributed by atoms with Crippen molar-refractivity contribution in [1.29, 1.82) is 0 Å². The van der Waals surface area contributed by atoms with Crippen molar-refractivity contribution < 1.29 is 27.9 Å². The van der Waals surface area contributed by atoms with E-state index >= 15 is 0 Å². The van der Waals surface area contributed by atoms with Gasteiger partial charge in [-0.05, 0) is 25.0 Å². The Morgan fingerprint density at radius 2 is 1.73 bits per heavy atom. The van der Waals surface area contributed by atoms with E-state index in [4.69, 9.17) is 0 Å². The first-order valence-corrected chi connectivity index (χ1v) is 8.28. The van der Waals surface area contributed by atoms with Crippen LogP contribution >= 0.6 is 0 Å². The fourth-order valence-corrected chi connectivity index (χ4v) is 3.24. The van der Waals surface area contributed by atoms with Gasteiger partial charge in [0.1, 0.15) is 5.71 Å². The average molecular weight is 369 g/mol. The molecule has 1 saturated heterocycles. The molecule has 3 rings (SSSR count). The third kappa shape index (κ3) is 3.66. The van der Waals surface area contributed by atoms with E-state index in [9.17, 15) is 27.9 Å². The van der Waals surface area contributed by atoms with Crippen LogP contribution in [0.3, 0.4) is 0 Å². The van der Waals surface area contributed by atoms with E-state index in [-0.39, 0.29) is 38.1 Å². The van der Waals surface area contributed by atoms with E-state index in [2.05, 4.69) is 5.10 Å². The predicted octanol–water partition coefficient (Wildman–Crippen LogP) is 2.51. The summed E-state index contributed by atoms with van der Waals surface area (Å²) in [5, 5.41) is 14.8. The topological polar surface area (TPSA) is 73.2 Å². The number of carboxylic acids is 1. The summed E-state index contributed by atoms with van der Waals surface area (Å²) in [4.78, 5) is 25.4. The molecule has 1 aromatic rings. The fourth-order valence-electron chi connectivity index (χ4n) is 3.24. The largest absolute Gasteiger partial charge is 0.480 e. The lowest BCUT2D eigenvalue weighted by Crippen LogP contribution is -2.44. The molecular formula is C17H18F3N3O3. The Hall–Kier alpha value is -2.58. The molecule has 2 aliphatic rings. The van der Waals surface area contributed by atoms with Crippen molar-refractivity contribution >= 4 is 23.3 Å². The van der Waals surface area contributed by atoms with Crippen LogP contribution in [0.5, 0.6) is 0 Å². The molecule has 0 saturated carbocycles. The molecule has 0 aromatic heterocycles. The summed E-state index contributed by atoms with van der Waals surface area (Å²) in [5.41, 5.74) is 0.602. The van der Waals surface area contributed by atoms with E-state index in [1.165, 1.54) is 9.91 Å². The lowest BCUT2D eigenvalue weighted by molar-refractivity contribution is -0.185. The highest BCUT2D eigenvalue weighted by molar-refractivity contribution is 6.40. The van der Waals surface area contributed by atoms with E-state index in [1.807, 2.05) is 0 Å². The predicted molar refractivity (Wildman–Crippen MR) is 87.8 cm³/mol. The SMILES string of the molecule is O=C(O)C1CC(C(=O)N2CCC(C(F)(F)F)CC2)=NN1c1ccccc1. The van der Waals surface area contributed by atoms with Crippen molar-refractivity contribution in [2.75, 3.05) is 18.1 Å². The molecule has 0 spiro atoms. The lowest BCUT2D eigenvalue weighted by Gasteiger charge is -2.32. The Kier molecular flexibility index (Phi) is 4.88. The molecule has 0 bridgehead atoms. The van der Waals surface area contributed by atoms with Crippen molar-refractivity contribution in [1.82, 2.24) is 4.90 Å². The molecule has 0 aliphatic carbocycles. The molecule has 0 radical (unpaired) electrons. The smallest absolute Gasteiger partial charge is 0.391 e. The number of hydrazone groups is 1. The van der Waals surface area contributed by atoms with Gasteiger partial charge in [0.15, 0.2) is 6.04 Å². The number of hydrogen-bond acceptors (Lipinski definition) is 4. The number of halogens is 3. The second kappa shape index (κ2) is 6.97. The van der Waals surface area contributed by atoms with E-state index < -0.39 is 30.0 Å². The van der Waals surface area contributed by atoms with Crippen LogP contribution in [0, 0.1) is 5.92 Å². The number of hydrogen-bond donors (Lipinski definition) is 1. The van der Waals surface area contributed by atoms with Crippen LogP contribution in [-0.2, 0) is 9.59 Å². The van der Waals surface area contributed by atoms with Crippen LogP contribution in [0.2, 0.25) is 0 Å². The standard InChI is InChI=1S/C17H18F3N3O3/c18-17(19,20)11-6-8-22(9-7-11)15(24)13-10-14(16(25)26)23(21-13)12-4-2-1-3-5-12/h1-5,11,14H,6-10H2,(H,25,26). The van der Waals surface area contributed by atoms with Gasteiger partial charge in [-0.1, -0.05) is 18.2 Å². The number of amides is 1. The number of aliphatic carboxylic acids is 1. The number of benzene rings is 1. The van der Waals surface area contributed by atoms with E-state index in [1.54, 1.807) is 30.3 Å². The quantitative estimate of drug-likeness (QED) is 0.889. The Morgan fingerprint density at radius 1 is 1.12 bits per heavy atom. The van der Waals surface area contributed by atoms with E-state index in [0.717, 1.165) is 0 Å². The maximum absolute atomic E-state index is 12.8. The zero-order valence-corrected chi connectivity index (χ0v) is 13.8. The molecule has 1 N–H and O–H groups in total. The van der Waals surface area contributed by atoms with Gasteiger partial charge in [-0.3, -0.25) is 9.80 Å². The third-order valence-electron chi connectivity index (χ3n) is 4.71. The van der Waals surface area contributed by atoms with Gasteiger partial charge < -0.3 is 10.0 Å². The zero-order valence-electron chi connectivity index (χ0n) is 13.8. The van der Waals surface area contributed by atoms with Crippen molar-refractivity contribution in [2.45, 2.75) is 31.5 Å². The van der Waals surface area contributed by atoms with Gasteiger partial charge >= 0.3 is 12.1 Å². The van der Waals surface area contributed by atoms with Gasteiger partial charge in [-0.2, -0.15) is 18.3 Å². The highest BCUT2D eigenvalue weighted by atomic mass is 19.4. The third-order valence-corrected chi connectivity index (χ3v) is 4.71. The first kappa shape index (κ1) is 18.2. The molecule has 1 atom stereocenters. The first-order valence-electron chi connectivity index (χ1n) is 8.28. The van der Waals surface area contributed by atoms with Gasteiger partial charge in [-0.15, -0.1) is 0 Å². The van der Waals surface area contributed by atoms with Crippen molar-refractivity contribution in [2.24, 2.45) is 11.0 Å². The Labute approximate surface area is 147 Å². The van der Waals surface area contributed by atoms with Crippen LogP contribution < -0.4 is 5.01 Å². The van der Waals surface area contributed by atoms with Crippen LogP contribution in [0.4, 0.5) is 18.9 Å². The number of rotatable bonds is 3. The zero-order chi connectivity index (χ0) is 18.9. The monoisotopic (exact) mass is 369 g/mol. The van der Waals surface area contributed by atoms with E-state index in [0.29, 0.717) is 5.69 Å². The highest BCUT2D eigenvalue weighted by Crippen LogP contribution is 2.34. The number of nitrogens with zero attached hydrogens (tertiary/aromatic N) is 3. The van der Waals surface area contributed by atoms with Gasteiger partial charge in [0, 0.05) is 19.5 Å². The van der Waals surface area contributed by atoms with Crippen LogP contribution in [0.25, 0.3) is 0 Å². The molecule has 1 aromatic carbocycles. The maximum atomic E-state index is 12.8. The van der Waals surface area contributed by atoms with Gasteiger partial charge in [0.25, 0.3) is 5.91 Å². The first-order chi connectivity index (χ1) is 12.3. The summed E-state index contributed by atoms with van der Waals surface area (Å²) in [7, 11) is 0. The summed E-state index contributed by atoms with van der Waals surface area (Å²) in [6.45, 7) is -0.0176. The number of carbonyl (C=O) groups excluding carboxylic acids is 1. The average Bonchev–Trinajstić information content (AvgIpc) is 3.07. The minimum atomic E-state index is -4.25. The number of likely N-dealkylation sites (tertiary alicyclic amines) is 1. The maximum Gasteiger partial charge on any atom is 0.391 e. The van der Waals surface area contributed by atoms with Crippen molar-refractivity contribution in [3.05, 3.63) is 30.3 Å². The van der Waals surface area contributed by atoms with Crippen LogP contribution in [-0.4, -0.2) is 52.9 Å². The minimum absolute atomic E-state index is 0.00882. The number of para-hydroxylation sites is 1. The van der Waals surface area contributed by atoms with Gasteiger partial charge in [0.2, 0.25) is 0 Å². The summed E-state index contributed by atoms with van der Waals surface area (Å²) in [6, 6.07) is 7.58.